The molecule has 1 aliphatic heterocycles. The van der Waals surface area contributed by atoms with Gasteiger partial charge in [-0.05, 0) is 38.2 Å². The lowest BCUT2D eigenvalue weighted by atomic mass is 10.1. The minimum absolute atomic E-state index is 0.00594. The van der Waals surface area contributed by atoms with Crippen molar-refractivity contribution >= 4 is 45.3 Å². The molecule has 2 N–H and O–H groups in total. The van der Waals surface area contributed by atoms with Crippen LogP contribution in [0.15, 0.2) is 9.95 Å². The van der Waals surface area contributed by atoms with Crippen molar-refractivity contribution in [1.29, 1.82) is 0 Å². The Morgan fingerprint density at radius 1 is 1.37 bits per heavy atom. The summed E-state index contributed by atoms with van der Waals surface area (Å²) in [6.45, 7) is 7.59. The summed E-state index contributed by atoms with van der Waals surface area (Å²) in [5.41, 5.74) is 0.954. The van der Waals surface area contributed by atoms with Crippen LogP contribution < -0.4 is 16.2 Å². The van der Waals surface area contributed by atoms with Crippen LogP contribution in [0.2, 0.25) is 0 Å². The van der Waals surface area contributed by atoms with Gasteiger partial charge in [-0.3, -0.25) is 19.5 Å². The summed E-state index contributed by atoms with van der Waals surface area (Å²) in [4.78, 5) is 43.7. The Labute approximate surface area is 183 Å². The molecule has 3 rings (SSSR count). The summed E-state index contributed by atoms with van der Waals surface area (Å²) in [6.07, 6.45) is 3.40. The van der Waals surface area contributed by atoms with Gasteiger partial charge in [0.1, 0.15) is 4.83 Å². The molecule has 1 aliphatic rings. The van der Waals surface area contributed by atoms with E-state index in [0.29, 0.717) is 35.1 Å². The number of carbonyl (C=O) groups excluding carboxylic acids is 2. The molecule has 1 unspecified atom stereocenters. The van der Waals surface area contributed by atoms with E-state index < -0.39 is 11.9 Å². The molecule has 1 fully saturated rings. The first-order valence-electron chi connectivity index (χ1n) is 10.3. The van der Waals surface area contributed by atoms with Crippen LogP contribution in [0.1, 0.15) is 43.6 Å². The van der Waals surface area contributed by atoms with Gasteiger partial charge >= 0.3 is 6.03 Å². The number of aromatic nitrogens is 2. The Bertz CT molecular complexity index is 979. The molecule has 1 atom stereocenters. The molecule has 0 bridgehead atoms. The van der Waals surface area contributed by atoms with E-state index >= 15 is 0 Å². The van der Waals surface area contributed by atoms with Gasteiger partial charge in [-0.2, -0.15) is 0 Å². The van der Waals surface area contributed by atoms with Gasteiger partial charge in [-0.1, -0.05) is 25.6 Å². The summed E-state index contributed by atoms with van der Waals surface area (Å²) >= 11 is 2.67. The molecule has 3 amide bonds. The highest BCUT2D eigenvalue weighted by molar-refractivity contribution is 7.99. The minimum Gasteiger partial charge on any atom is -0.376 e. The number of rotatable bonds is 8. The van der Waals surface area contributed by atoms with Crippen LogP contribution in [0.3, 0.4) is 0 Å². The molecule has 30 heavy (non-hydrogen) atoms. The van der Waals surface area contributed by atoms with Crippen LogP contribution >= 0.6 is 23.1 Å². The Kier molecular flexibility index (Phi) is 7.90. The minimum atomic E-state index is -0.510. The van der Waals surface area contributed by atoms with Crippen molar-refractivity contribution in [3.8, 4) is 0 Å². The van der Waals surface area contributed by atoms with Crippen LogP contribution in [0.25, 0.3) is 10.2 Å². The molecule has 0 aromatic carbocycles. The first kappa shape index (κ1) is 22.8. The fourth-order valence-electron chi connectivity index (χ4n) is 3.50. The van der Waals surface area contributed by atoms with Gasteiger partial charge in [-0.25, -0.2) is 9.78 Å². The molecule has 3 heterocycles. The van der Waals surface area contributed by atoms with Crippen LogP contribution in [0.5, 0.6) is 0 Å². The van der Waals surface area contributed by atoms with Crippen molar-refractivity contribution in [2.45, 2.75) is 64.3 Å². The highest BCUT2D eigenvalue weighted by Gasteiger charge is 2.23. The average molecular weight is 453 g/mol. The Hall–Kier alpha value is -1.91. The standard InChI is InChI=1S/C20H28N4O4S2/c1-4-8-21-19(27)22-15(25)11-29-20-23-17-16(14(5-2)12(3)30-17)18(26)24(20)10-13-7-6-9-28-13/h13H,4-11H2,1-3H3,(H2,21,22,25,27). The third-order valence-corrected chi connectivity index (χ3v) is 6.98. The zero-order valence-electron chi connectivity index (χ0n) is 17.6. The number of thioether (sulfide) groups is 1. The normalized spacial score (nSPS) is 16.2. The van der Waals surface area contributed by atoms with E-state index in [0.717, 1.165) is 36.1 Å². The molecule has 0 radical (unpaired) electrons. The lowest BCUT2D eigenvalue weighted by Crippen LogP contribution is -2.40. The smallest absolute Gasteiger partial charge is 0.321 e. The summed E-state index contributed by atoms with van der Waals surface area (Å²) in [5.74, 6) is -0.434. The molecule has 2 aromatic rings. The predicted octanol–water partition coefficient (Wildman–Crippen LogP) is 2.84. The monoisotopic (exact) mass is 452 g/mol. The number of imide groups is 1. The van der Waals surface area contributed by atoms with Gasteiger partial charge in [0, 0.05) is 18.0 Å². The molecule has 0 saturated carbocycles. The molecule has 8 nitrogen and oxygen atoms in total. The first-order chi connectivity index (χ1) is 14.4. The van der Waals surface area contributed by atoms with Crippen LogP contribution in [-0.4, -0.2) is 46.5 Å². The third-order valence-electron chi connectivity index (χ3n) is 4.96. The lowest BCUT2D eigenvalue weighted by Gasteiger charge is -2.16. The molecular weight excluding hydrogens is 424 g/mol. The number of hydrogen-bond donors (Lipinski definition) is 2. The SMILES string of the molecule is CCCNC(=O)NC(=O)CSc1nc2sc(C)c(CC)c2c(=O)n1CC1CCCO1. The lowest BCUT2D eigenvalue weighted by molar-refractivity contribution is -0.117. The number of amides is 3. The van der Waals surface area contributed by atoms with E-state index in [9.17, 15) is 14.4 Å². The van der Waals surface area contributed by atoms with Gasteiger partial charge in [0.2, 0.25) is 5.91 Å². The summed E-state index contributed by atoms with van der Waals surface area (Å²) in [6, 6.07) is -0.510. The van der Waals surface area contributed by atoms with Gasteiger partial charge in [0.05, 0.1) is 23.8 Å². The van der Waals surface area contributed by atoms with Gasteiger partial charge in [0.25, 0.3) is 5.56 Å². The van der Waals surface area contributed by atoms with Gasteiger partial charge in [0.15, 0.2) is 5.16 Å². The van der Waals surface area contributed by atoms with Crippen molar-refractivity contribution in [1.82, 2.24) is 20.2 Å². The topological polar surface area (TPSA) is 102 Å². The quantitative estimate of drug-likeness (QED) is 0.472. The third kappa shape index (κ3) is 5.22. The number of nitrogens with one attached hydrogen (secondary N) is 2. The van der Waals surface area contributed by atoms with Gasteiger partial charge in [-0.15, -0.1) is 11.3 Å². The Balaban J connectivity index is 1.85. The molecule has 164 valence electrons. The maximum Gasteiger partial charge on any atom is 0.321 e. The first-order valence-corrected chi connectivity index (χ1v) is 12.1. The second-order valence-electron chi connectivity index (χ2n) is 7.21. The average Bonchev–Trinajstić information content (AvgIpc) is 3.34. The predicted molar refractivity (Wildman–Crippen MR) is 120 cm³/mol. The fraction of sp³-hybridized carbons (Fsp3) is 0.600. The van der Waals surface area contributed by atoms with E-state index in [2.05, 4.69) is 10.6 Å². The van der Waals surface area contributed by atoms with Crippen LogP contribution in [0.4, 0.5) is 4.79 Å². The van der Waals surface area contributed by atoms with E-state index in [4.69, 9.17) is 9.72 Å². The van der Waals surface area contributed by atoms with E-state index in [-0.39, 0.29) is 17.4 Å². The summed E-state index contributed by atoms with van der Waals surface area (Å²) in [5, 5.41) is 6.06. The summed E-state index contributed by atoms with van der Waals surface area (Å²) in [7, 11) is 0. The molecular formula is C20H28N4O4S2. The number of ether oxygens (including phenoxy) is 1. The second kappa shape index (κ2) is 10.4. The van der Waals surface area contributed by atoms with Crippen molar-refractivity contribution < 1.29 is 14.3 Å². The van der Waals surface area contributed by atoms with Crippen molar-refractivity contribution in [3.63, 3.8) is 0 Å². The van der Waals surface area contributed by atoms with E-state index in [1.165, 1.54) is 23.1 Å². The number of fused-ring (bicyclic) bond motifs is 1. The second-order valence-corrected chi connectivity index (χ2v) is 9.35. The van der Waals surface area contributed by atoms with Crippen LogP contribution in [0, 0.1) is 6.92 Å². The van der Waals surface area contributed by atoms with E-state index in [1.807, 2.05) is 20.8 Å². The van der Waals surface area contributed by atoms with Crippen molar-refractivity contribution in [2.75, 3.05) is 18.9 Å². The molecule has 0 aliphatic carbocycles. The zero-order chi connectivity index (χ0) is 21.7. The Morgan fingerprint density at radius 3 is 2.83 bits per heavy atom. The summed E-state index contributed by atoms with van der Waals surface area (Å²) < 4.78 is 7.37. The Morgan fingerprint density at radius 2 is 2.17 bits per heavy atom. The number of thiophene rings is 1. The van der Waals surface area contributed by atoms with Crippen molar-refractivity contribution in [2.24, 2.45) is 0 Å². The number of hydrogen-bond acceptors (Lipinski definition) is 7. The molecule has 10 heteroatoms. The largest absolute Gasteiger partial charge is 0.376 e. The van der Waals surface area contributed by atoms with E-state index in [1.54, 1.807) is 4.57 Å². The van der Waals surface area contributed by atoms with Crippen LogP contribution in [-0.2, 0) is 22.5 Å². The highest BCUT2D eigenvalue weighted by atomic mass is 32.2. The fourth-order valence-corrected chi connectivity index (χ4v) is 5.46. The number of carbonyl (C=O) groups is 2. The number of aryl methyl sites for hydroxylation is 2. The molecule has 2 aromatic heterocycles. The van der Waals surface area contributed by atoms with Crippen molar-refractivity contribution in [3.05, 3.63) is 20.8 Å². The maximum absolute atomic E-state index is 13.4. The van der Waals surface area contributed by atoms with Gasteiger partial charge < -0.3 is 10.1 Å². The number of nitrogens with zero attached hydrogens (tertiary/aromatic N) is 2. The highest BCUT2D eigenvalue weighted by Crippen LogP contribution is 2.30. The number of urea groups is 1. The molecule has 1 saturated heterocycles. The molecule has 0 spiro atoms. The maximum atomic E-state index is 13.4. The zero-order valence-corrected chi connectivity index (χ0v) is 19.2.